The average Bonchev–Trinajstić information content (AvgIpc) is 2.26. The first-order valence-electron chi connectivity index (χ1n) is 4.96. The van der Waals surface area contributed by atoms with Gasteiger partial charge in [-0.25, -0.2) is 0 Å². The maximum atomic E-state index is 6.22. The molecule has 0 saturated carbocycles. The highest BCUT2D eigenvalue weighted by Crippen LogP contribution is 2.22. The van der Waals surface area contributed by atoms with Crippen LogP contribution in [0.5, 0.6) is 0 Å². The Labute approximate surface area is 95.5 Å². The summed E-state index contributed by atoms with van der Waals surface area (Å²) in [6.45, 7) is 2.01. The van der Waals surface area contributed by atoms with Gasteiger partial charge in [0.1, 0.15) is 0 Å². The van der Waals surface area contributed by atoms with E-state index in [1.165, 1.54) is 5.56 Å². The van der Waals surface area contributed by atoms with Crippen molar-refractivity contribution in [2.75, 3.05) is 0 Å². The monoisotopic (exact) mass is 215 g/mol. The van der Waals surface area contributed by atoms with E-state index in [1.54, 1.807) is 0 Å². The van der Waals surface area contributed by atoms with Gasteiger partial charge in [-0.1, -0.05) is 41.9 Å². The largest absolute Gasteiger partial charge is 0.0837 e. The van der Waals surface area contributed by atoms with Crippen LogP contribution in [0.15, 0.2) is 42.5 Å². The Morgan fingerprint density at radius 1 is 1.13 bits per heavy atom. The smallest absolute Gasteiger partial charge is 0.0470 e. The molecule has 0 atom stereocenters. The second-order valence-corrected chi connectivity index (χ2v) is 4.02. The third kappa shape index (κ3) is 2.40. The summed E-state index contributed by atoms with van der Waals surface area (Å²) in [7, 11) is 0. The fraction of sp³-hybridized carbons (Fsp3) is 0.143. The first-order chi connectivity index (χ1) is 7.27. The Morgan fingerprint density at radius 2 is 1.87 bits per heavy atom. The Bertz CT molecular complexity index is 446. The first kappa shape index (κ1) is 10.3. The van der Waals surface area contributed by atoms with E-state index in [-0.39, 0.29) is 0 Å². The van der Waals surface area contributed by atoms with Crippen LogP contribution < -0.4 is 0 Å². The second-order valence-electron chi connectivity index (χ2n) is 3.64. The van der Waals surface area contributed by atoms with Crippen molar-refractivity contribution in [1.29, 1.82) is 0 Å². The van der Waals surface area contributed by atoms with Crippen LogP contribution in [0.2, 0.25) is 5.02 Å². The molecule has 1 radical (unpaired) electrons. The zero-order valence-electron chi connectivity index (χ0n) is 8.63. The highest BCUT2D eigenvalue weighted by molar-refractivity contribution is 6.32. The van der Waals surface area contributed by atoms with Crippen LogP contribution in [0, 0.1) is 13.0 Å². The summed E-state index contributed by atoms with van der Waals surface area (Å²) in [4.78, 5) is 0. The molecule has 0 aliphatic heterocycles. The van der Waals surface area contributed by atoms with Gasteiger partial charge in [0.25, 0.3) is 0 Å². The Kier molecular flexibility index (Phi) is 3.08. The average molecular weight is 216 g/mol. The van der Waals surface area contributed by atoms with Gasteiger partial charge in [0.05, 0.1) is 0 Å². The lowest BCUT2D eigenvalue weighted by molar-refractivity contribution is 1.18. The molecule has 0 aliphatic rings. The SMILES string of the molecule is Cc1c[c]cc(Cc2ccccc2)c1Cl. The molecular weight excluding hydrogens is 204 g/mol. The minimum absolute atomic E-state index is 0.859. The highest BCUT2D eigenvalue weighted by Gasteiger charge is 2.03. The number of aryl methyl sites for hydroxylation is 1. The predicted octanol–water partition coefficient (Wildman–Crippen LogP) is 4.04. The van der Waals surface area contributed by atoms with Crippen LogP contribution in [0.4, 0.5) is 0 Å². The molecule has 0 fully saturated rings. The number of benzene rings is 2. The molecule has 2 aromatic carbocycles. The second kappa shape index (κ2) is 4.50. The molecule has 2 aromatic rings. The number of halogens is 1. The lowest BCUT2D eigenvalue weighted by atomic mass is 10.0. The van der Waals surface area contributed by atoms with Gasteiger partial charge in [-0.2, -0.15) is 0 Å². The van der Waals surface area contributed by atoms with Gasteiger partial charge in [-0.05, 0) is 48.2 Å². The maximum absolute atomic E-state index is 6.22. The lowest BCUT2D eigenvalue weighted by Gasteiger charge is -2.06. The lowest BCUT2D eigenvalue weighted by Crippen LogP contribution is -1.90. The van der Waals surface area contributed by atoms with Crippen LogP contribution in [0.25, 0.3) is 0 Å². The molecule has 0 aromatic heterocycles. The van der Waals surface area contributed by atoms with Crippen LogP contribution in [-0.4, -0.2) is 0 Å². The van der Waals surface area contributed by atoms with E-state index in [1.807, 2.05) is 37.3 Å². The molecule has 0 amide bonds. The van der Waals surface area contributed by atoms with E-state index in [0.29, 0.717) is 0 Å². The minimum Gasteiger partial charge on any atom is -0.0837 e. The van der Waals surface area contributed by atoms with Crippen molar-refractivity contribution in [3.8, 4) is 0 Å². The van der Waals surface area contributed by atoms with E-state index in [2.05, 4.69) is 18.2 Å². The van der Waals surface area contributed by atoms with Crippen molar-refractivity contribution < 1.29 is 0 Å². The summed E-state index contributed by atoms with van der Waals surface area (Å²) in [6.07, 6.45) is 0.873. The van der Waals surface area contributed by atoms with Gasteiger partial charge in [-0.3, -0.25) is 0 Å². The van der Waals surface area contributed by atoms with Crippen molar-refractivity contribution in [3.63, 3.8) is 0 Å². The summed E-state index contributed by atoms with van der Waals surface area (Å²) >= 11 is 6.22. The normalized spacial score (nSPS) is 10.3. The fourth-order valence-electron chi connectivity index (χ4n) is 1.59. The van der Waals surface area contributed by atoms with Gasteiger partial charge in [0.2, 0.25) is 0 Å². The summed E-state index contributed by atoms with van der Waals surface area (Å²) in [5.41, 5.74) is 3.51. The van der Waals surface area contributed by atoms with E-state index in [9.17, 15) is 0 Å². The third-order valence-corrected chi connectivity index (χ3v) is 2.96. The van der Waals surface area contributed by atoms with Gasteiger partial charge in [0, 0.05) is 5.02 Å². The summed E-state index contributed by atoms with van der Waals surface area (Å²) in [5, 5.41) is 0.859. The molecule has 15 heavy (non-hydrogen) atoms. The molecule has 0 aliphatic carbocycles. The van der Waals surface area contributed by atoms with Crippen LogP contribution >= 0.6 is 11.6 Å². The van der Waals surface area contributed by atoms with Crippen molar-refractivity contribution in [2.24, 2.45) is 0 Å². The van der Waals surface area contributed by atoms with Crippen molar-refractivity contribution in [1.82, 2.24) is 0 Å². The van der Waals surface area contributed by atoms with E-state index in [4.69, 9.17) is 11.6 Å². The third-order valence-electron chi connectivity index (χ3n) is 2.42. The molecule has 0 heterocycles. The van der Waals surface area contributed by atoms with Gasteiger partial charge < -0.3 is 0 Å². The summed E-state index contributed by atoms with van der Waals surface area (Å²) in [5.74, 6) is 0. The number of hydrogen-bond acceptors (Lipinski definition) is 0. The van der Waals surface area contributed by atoms with Gasteiger partial charge >= 0.3 is 0 Å². The molecular formula is C14H12Cl. The van der Waals surface area contributed by atoms with Crippen LogP contribution in [-0.2, 0) is 6.42 Å². The van der Waals surface area contributed by atoms with E-state index in [0.717, 1.165) is 22.6 Å². The Hall–Kier alpha value is -1.27. The standard InChI is InChI=1S/C14H12Cl/c1-11-6-5-9-13(14(11)15)10-12-7-3-2-4-8-12/h2-4,6-9H,10H2,1H3. The molecule has 75 valence electrons. The quantitative estimate of drug-likeness (QED) is 0.710. The van der Waals surface area contributed by atoms with Crippen molar-refractivity contribution in [3.05, 3.63) is 70.2 Å². The molecule has 2 rings (SSSR count). The molecule has 0 spiro atoms. The molecule has 1 heteroatoms. The van der Waals surface area contributed by atoms with E-state index < -0.39 is 0 Å². The van der Waals surface area contributed by atoms with Crippen molar-refractivity contribution >= 4 is 11.6 Å². The Balaban J connectivity index is 2.29. The van der Waals surface area contributed by atoms with Crippen LogP contribution in [0.1, 0.15) is 16.7 Å². The zero-order chi connectivity index (χ0) is 10.7. The number of hydrogen-bond donors (Lipinski definition) is 0. The summed E-state index contributed by atoms with van der Waals surface area (Å²) in [6, 6.07) is 17.3. The maximum Gasteiger partial charge on any atom is 0.0470 e. The number of rotatable bonds is 2. The molecule has 0 N–H and O–H groups in total. The Morgan fingerprint density at radius 3 is 2.60 bits per heavy atom. The highest BCUT2D eigenvalue weighted by atomic mass is 35.5. The van der Waals surface area contributed by atoms with Crippen molar-refractivity contribution in [2.45, 2.75) is 13.3 Å². The molecule has 0 unspecified atom stereocenters. The van der Waals surface area contributed by atoms with Gasteiger partial charge in [0.15, 0.2) is 0 Å². The van der Waals surface area contributed by atoms with Gasteiger partial charge in [-0.15, -0.1) is 0 Å². The first-order valence-corrected chi connectivity index (χ1v) is 5.34. The predicted molar refractivity (Wildman–Crippen MR) is 64.3 cm³/mol. The van der Waals surface area contributed by atoms with E-state index >= 15 is 0 Å². The molecule has 0 saturated heterocycles. The topological polar surface area (TPSA) is 0 Å². The van der Waals surface area contributed by atoms with Crippen LogP contribution in [0.3, 0.4) is 0 Å². The zero-order valence-corrected chi connectivity index (χ0v) is 9.38. The summed E-state index contributed by atoms with van der Waals surface area (Å²) < 4.78 is 0. The fourth-order valence-corrected chi connectivity index (χ4v) is 1.77. The minimum atomic E-state index is 0.859. The molecule has 0 bridgehead atoms. The molecule has 0 nitrogen and oxygen atoms in total.